The predicted octanol–water partition coefficient (Wildman–Crippen LogP) is 3.94. The first kappa shape index (κ1) is 33.0. The normalized spacial score (nSPS) is 16.5. The molecule has 4 heterocycles. The minimum atomic E-state index is -0.574. The van der Waals surface area contributed by atoms with Crippen molar-refractivity contribution in [2.75, 3.05) is 50.9 Å². The van der Waals surface area contributed by atoms with Crippen LogP contribution >= 0.6 is 11.6 Å². The monoisotopic (exact) mass is 652 g/mol. The molecule has 1 aromatic carbocycles. The number of ether oxygens (including phenoxy) is 2. The summed E-state index contributed by atoms with van der Waals surface area (Å²) in [5, 5.41) is 6.53. The number of hydrogen-bond donors (Lipinski definition) is 3. The van der Waals surface area contributed by atoms with Gasteiger partial charge in [-0.05, 0) is 37.4 Å². The van der Waals surface area contributed by atoms with Crippen LogP contribution in [0.5, 0.6) is 5.75 Å². The minimum absolute atomic E-state index is 0.0754. The van der Waals surface area contributed by atoms with Crippen LogP contribution in [0.1, 0.15) is 50.2 Å². The number of imide groups is 1. The number of halogens is 1. The van der Waals surface area contributed by atoms with Crippen LogP contribution in [0.2, 0.25) is 5.02 Å². The molecule has 14 heteroatoms. The number of fused-ring (bicyclic) bond motifs is 1. The van der Waals surface area contributed by atoms with Gasteiger partial charge in [-0.3, -0.25) is 19.4 Å². The van der Waals surface area contributed by atoms with Gasteiger partial charge in [0, 0.05) is 56.1 Å². The van der Waals surface area contributed by atoms with Crippen LogP contribution in [-0.4, -0.2) is 88.2 Å². The van der Waals surface area contributed by atoms with Gasteiger partial charge >= 0.3 is 6.09 Å². The van der Waals surface area contributed by atoms with E-state index in [1.54, 1.807) is 7.11 Å². The minimum Gasteiger partial charge on any atom is -0.496 e. The van der Waals surface area contributed by atoms with Gasteiger partial charge in [0.25, 0.3) is 11.8 Å². The zero-order chi connectivity index (χ0) is 32.6. The third kappa shape index (κ3) is 7.88. The number of alkyl carbamates (subject to hydrolysis) is 1. The second-order valence-corrected chi connectivity index (χ2v) is 11.9. The first-order chi connectivity index (χ1) is 22.3. The Morgan fingerprint density at radius 2 is 1.93 bits per heavy atom. The van der Waals surface area contributed by atoms with E-state index >= 15 is 0 Å². The van der Waals surface area contributed by atoms with Gasteiger partial charge in [-0.1, -0.05) is 43.5 Å². The van der Waals surface area contributed by atoms with E-state index in [0.29, 0.717) is 29.4 Å². The summed E-state index contributed by atoms with van der Waals surface area (Å²) in [7, 11) is 1.66. The van der Waals surface area contributed by atoms with Crippen LogP contribution in [0.25, 0.3) is 11.0 Å². The lowest BCUT2D eigenvalue weighted by molar-refractivity contribution is -0.136. The Kier molecular flexibility index (Phi) is 11.0. The average Bonchev–Trinajstić information content (AvgIpc) is 3.71. The molecule has 3 aromatic rings. The zero-order valence-corrected chi connectivity index (χ0v) is 27.0. The Balaban J connectivity index is 1.19. The van der Waals surface area contributed by atoms with Crippen LogP contribution in [0.15, 0.2) is 36.5 Å². The van der Waals surface area contributed by atoms with Gasteiger partial charge in [0.15, 0.2) is 5.82 Å². The summed E-state index contributed by atoms with van der Waals surface area (Å²) in [6.45, 7) is 5.46. The lowest BCUT2D eigenvalue weighted by atomic mass is 10.1. The van der Waals surface area contributed by atoms with Gasteiger partial charge in [-0.2, -0.15) is 4.98 Å². The predicted molar refractivity (Wildman–Crippen MR) is 176 cm³/mol. The summed E-state index contributed by atoms with van der Waals surface area (Å²) in [4.78, 5) is 47.8. The quantitative estimate of drug-likeness (QED) is 0.162. The fourth-order valence-corrected chi connectivity index (χ4v) is 6.12. The number of rotatable bonds is 15. The molecule has 0 aliphatic carbocycles. The number of hydrogen-bond acceptors (Lipinski definition) is 10. The van der Waals surface area contributed by atoms with Crippen LogP contribution < -0.4 is 21.1 Å². The van der Waals surface area contributed by atoms with E-state index in [9.17, 15) is 14.4 Å². The van der Waals surface area contributed by atoms with Crippen LogP contribution in [-0.2, 0) is 27.4 Å². The molecule has 0 radical (unpaired) electrons. The van der Waals surface area contributed by atoms with E-state index in [1.807, 2.05) is 16.8 Å². The first-order valence-electron chi connectivity index (χ1n) is 15.7. The Morgan fingerprint density at radius 1 is 1.13 bits per heavy atom. The molecule has 46 heavy (non-hydrogen) atoms. The van der Waals surface area contributed by atoms with Crippen molar-refractivity contribution < 1.29 is 23.9 Å². The Morgan fingerprint density at radius 3 is 2.70 bits per heavy atom. The number of nitrogens with two attached hydrogens (primary N) is 1. The van der Waals surface area contributed by atoms with E-state index in [4.69, 9.17) is 26.8 Å². The van der Waals surface area contributed by atoms with Crippen molar-refractivity contribution in [3.63, 3.8) is 0 Å². The highest BCUT2D eigenvalue weighted by atomic mass is 35.5. The lowest BCUT2D eigenvalue weighted by Crippen LogP contribution is -2.40. The maximum absolute atomic E-state index is 12.3. The summed E-state index contributed by atoms with van der Waals surface area (Å²) in [5.74, 6) is 0.818. The number of aromatic nitrogens is 3. The molecule has 1 atom stereocenters. The molecular formula is C32H41ClN8O5. The number of nitrogens with zero attached hydrogens (tertiary/aromatic N) is 5. The van der Waals surface area contributed by atoms with Gasteiger partial charge in [-0.25, -0.2) is 9.78 Å². The van der Waals surface area contributed by atoms with Crippen molar-refractivity contribution in [1.82, 2.24) is 29.7 Å². The fourth-order valence-electron chi connectivity index (χ4n) is 5.88. The molecule has 2 aliphatic heterocycles. The van der Waals surface area contributed by atoms with Crippen LogP contribution in [0.3, 0.4) is 0 Å². The molecule has 0 bridgehead atoms. The Labute approximate surface area is 273 Å². The summed E-state index contributed by atoms with van der Waals surface area (Å²) in [6.07, 6.45) is 8.88. The van der Waals surface area contributed by atoms with E-state index < -0.39 is 6.09 Å². The molecule has 246 valence electrons. The third-order valence-corrected chi connectivity index (χ3v) is 8.52. The van der Waals surface area contributed by atoms with Crippen molar-refractivity contribution in [3.8, 4) is 5.75 Å². The summed E-state index contributed by atoms with van der Waals surface area (Å²) in [5.41, 5.74) is 9.45. The van der Waals surface area contributed by atoms with E-state index in [1.165, 1.54) is 12.2 Å². The SMILES string of the molecule is CCCCCNc1nc(N)nc2c(Cl)cn(Cc3ccc(CN4CCC[C@H]4COC(=O)NCCN4C(=O)C=CC4=O)cc3OC)c12. The van der Waals surface area contributed by atoms with E-state index in [2.05, 4.69) is 44.6 Å². The van der Waals surface area contributed by atoms with E-state index in [-0.39, 0.29) is 43.5 Å². The smallest absolute Gasteiger partial charge is 0.407 e. The molecule has 0 spiro atoms. The molecule has 5 rings (SSSR count). The lowest BCUT2D eigenvalue weighted by Gasteiger charge is -2.25. The van der Waals surface area contributed by atoms with E-state index in [0.717, 1.165) is 72.5 Å². The molecule has 0 saturated carbocycles. The highest BCUT2D eigenvalue weighted by Crippen LogP contribution is 2.32. The highest BCUT2D eigenvalue weighted by molar-refractivity contribution is 6.35. The van der Waals surface area contributed by atoms with Crippen LogP contribution in [0.4, 0.5) is 16.6 Å². The van der Waals surface area contributed by atoms with Crippen molar-refractivity contribution in [2.45, 2.75) is 58.2 Å². The number of methoxy groups -OCH3 is 1. The number of carbonyl (C=O) groups is 3. The molecule has 3 amide bonds. The highest BCUT2D eigenvalue weighted by Gasteiger charge is 2.27. The summed E-state index contributed by atoms with van der Waals surface area (Å²) in [6, 6.07) is 6.26. The maximum Gasteiger partial charge on any atom is 0.407 e. The standard InChI is InChI=1S/C32H41ClN8O5/c1-3-4-5-12-35-30-29-28(37-31(34)38-30)24(33)19-40(29)18-22-9-8-21(16-25(22)45-2)17-39-14-6-7-23(39)20-46-32(44)36-13-15-41-26(42)10-11-27(41)43/h8-11,16,19,23H,3-7,12-15,17-18,20H2,1-2H3,(H,36,44)(H3,34,35,37,38)/t23-/m0/s1. The van der Waals surface area contributed by atoms with Crippen molar-refractivity contribution in [2.24, 2.45) is 0 Å². The number of amides is 3. The third-order valence-electron chi connectivity index (χ3n) is 8.25. The van der Waals surface area contributed by atoms with Gasteiger partial charge in [-0.15, -0.1) is 0 Å². The molecule has 2 aromatic heterocycles. The zero-order valence-electron chi connectivity index (χ0n) is 26.3. The molecular weight excluding hydrogens is 612 g/mol. The van der Waals surface area contributed by atoms with Gasteiger partial charge in [0.1, 0.15) is 23.4 Å². The Hall–Kier alpha value is -4.36. The molecule has 1 fully saturated rings. The van der Waals surface area contributed by atoms with Crippen molar-refractivity contribution in [3.05, 3.63) is 52.7 Å². The first-order valence-corrected chi connectivity index (χ1v) is 16.0. The average molecular weight is 653 g/mol. The number of carbonyl (C=O) groups excluding carboxylic acids is 3. The molecule has 2 aliphatic rings. The summed E-state index contributed by atoms with van der Waals surface area (Å²) < 4.78 is 13.3. The van der Waals surface area contributed by atoms with Gasteiger partial charge < -0.3 is 30.4 Å². The Bertz CT molecular complexity index is 1590. The summed E-state index contributed by atoms with van der Waals surface area (Å²) >= 11 is 6.59. The molecule has 1 saturated heterocycles. The largest absolute Gasteiger partial charge is 0.496 e. The topological polar surface area (TPSA) is 157 Å². The van der Waals surface area contributed by atoms with Gasteiger partial charge in [0.05, 0.1) is 18.7 Å². The second kappa shape index (κ2) is 15.3. The second-order valence-electron chi connectivity index (χ2n) is 11.5. The van der Waals surface area contributed by atoms with Gasteiger partial charge in [0.2, 0.25) is 5.95 Å². The van der Waals surface area contributed by atoms with Crippen molar-refractivity contribution in [1.29, 1.82) is 0 Å². The molecule has 4 N–H and O–H groups in total. The molecule has 0 unspecified atom stereocenters. The number of unbranched alkanes of at least 4 members (excludes halogenated alkanes) is 2. The fraction of sp³-hybridized carbons (Fsp3) is 0.469. The number of nitrogens with one attached hydrogen (secondary N) is 2. The maximum atomic E-state index is 12.3. The van der Waals surface area contributed by atoms with Crippen molar-refractivity contribution >= 4 is 52.3 Å². The van der Waals surface area contributed by atoms with Crippen LogP contribution in [0, 0.1) is 0 Å². The number of likely N-dealkylation sites (tertiary alicyclic amines) is 1. The number of anilines is 2. The number of nitrogen functional groups attached to an aromatic ring is 1. The number of benzene rings is 1. The molecule has 13 nitrogen and oxygen atoms in total.